The van der Waals surface area contributed by atoms with Gasteiger partial charge in [0.15, 0.2) is 6.61 Å². The van der Waals surface area contributed by atoms with Gasteiger partial charge in [0.1, 0.15) is 5.75 Å². The van der Waals surface area contributed by atoms with Crippen LogP contribution >= 0.6 is 0 Å². The monoisotopic (exact) mass is 451 g/mol. The van der Waals surface area contributed by atoms with Crippen molar-refractivity contribution in [3.8, 4) is 5.75 Å². The Kier molecular flexibility index (Phi) is 7.24. The largest absolute Gasteiger partial charge is 0.497 e. The second-order valence-corrected chi connectivity index (χ2v) is 8.36. The zero-order valence-electron chi connectivity index (χ0n) is 18.8. The van der Waals surface area contributed by atoms with E-state index in [1.807, 2.05) is 18.2 Å². The summed E-state index contributed by atoms with van der Waals surface area (Å²) in [7, 11) is 1.56. The number of nitrogens with zero attached hydrogens (tertiary/aromatic N) is 3. The van der Waals surface area contributed by atoms with Crippen molar-refractivity contribution in [1.82, 2.24) is 9.80 Å². The molecule has 2 aliphatic heterocycles. The van der Waals surface area contributed by atoms with Crippen LogP contribution in [0.3, 0.4) is 0 Å². The quantitative estimate of drug-likeness (QED) is 0.599. The van der Waals surface area contributed by atoms with Crippen molar-refractivity contribution in [2.24, 2.45) is 5.92 Å². The van der Waals surface area contributed by atoms with Crippen LogP contribution in [0.2, 0.25) is 0 Å². The van der Waals surface area contributed by atoms with Gasteiger partial charge in [-0.1, -0.05) is 36.4 Å². The molecule has 2 aromatic carbocycles. The number of hydrogen-bond acceptors (Lipinski definition) is 6. The molecule has 0 bridgehead atoms. The molecule has 0 aromatic heterocycles. The van der Waals surface area contributed by atoms with Gasteiger partial charge in [-0.15, -0.1) is 0 Å². The van der Waals surface area contributed by atoms with Crippen molar-refractivity contribution < 1.29 is 23.9 Å². The third-order valence-corrected chi connectivity index (χ3v) is 6.14. The summed E-state index contributed by atoms with van der Waals surface area (Å²) in [6.45, 7) is 3.57. The number of rotatable bonds is 7. The highest BCUT2D eigenvalue weighted by atomic mass is 16.5. The Morgan fingerprint density at radius 1 is 1.00 bits per heavy atom. The molecule has 4 rings (SSSR count). The highest BCUT2D eigenvalue weighted by Crippen LogP contribution is 2.28. The molecule has 1 unspecified atom stereocenters. The Labute approximate surface area is 193 Å². The summed E-state index contributed by atoms with van der Waals surface area (Å²) in [6.07, 6.45) is 0.0718. The minimum absolute atomic E-state index is 0.0718. The molecule has 0 aliphatic carbocycles. The maximum absolute atomic E-state index is 12.5. The molecule has 2 fully saturated rings. The summed E-state index contributed by atoms with van der Waals surface area (Å²) >= 11 is 0. The fraction of sp³-hybridized carbons (Fsp3) is 0.400. The van der Waals surface area contributed by atoms with Gasteiger partial charge in [-0.05, 0) is 17.7 Å². The van der Waals surface area contributed by atoms with E-state index in [9.17, 15) is 14.4 Å². The van der Waals surface area contributed by atoms with Crippen molar-refractivity contribution >= 4 is 23.5 Å². The first-order valence-corrected chi connectivity index (χ1v) is 11.2. The van der Waals surface area contributed by atoms with Crippen LogP contribution in [0.4, 0.5) is 5.69 Å². The number of esters is 1. The number of piperazine rings is 1. The minimum Gasteiger partial charge on any atom is -0.497 e. The second kappa shape index (κ2) is 10.5. The lowest BCUT2D eigenvalue weighted by molar-refractivity contribution is -0.155. The summed E-state index contributed by atoms with van der Waals surface area (Å²) in [5.74, 6) is -0.799. The van der Waals surface area contributed by atoms with E-state index in [-0.39, 0.29) is 31.4 Å². The van der Waals surface area contributed by atoms with Crippen molar-refractivity contribution in [3.63, 3.8) is 0 Å². The van der Waals surface area contributed by atoms with Crippen LogP contribution in [-0.2, 0) is 25.7 Å². The summed E-state index contributed by atoms with van der Waals surface area (Å²) < 4.78 is 10.5. The number of carbonyl (C=O) groups excluding carboxylic acids is 3. The molecule has 0 radical (unpaired) electrons. The zero-order valence-corrected chi connectivity index (χ0v) is 18.8. The smallest absolute Gasteiger partial charge is 0.311 e. The predicted molar refractivity (Wildman–Crippen MR) is 123 cm³/mol. The molecule has 33 heavy (non-hydrogen) atoms. The number of carbonyl (C=O) groups is 3. The lowest BCUT2D eigenvalue weighted by atomic mass is 10.1. The first kappa shape index (κ1) is 22.8. The van der Waals surface area contributed by atoms with Gasteiger partial charge in [0.05, 0.1) is 13.0 Å². The minimum atomic E-state index is -0.584. The number of benzene rings is 2. The molecule has 174 valence electrons. The Morgan fingerprint density at radius 3 is 2.48 bits per heavy atom. The first-order valence-electron chi connectivity index (χ1n) is 11.2. The molecular formula is C25H29N3O5. The van der Waals surface area contributed by atoms with Crippen molar-refractivity contribution in [3.05, 3.63) is 60.2 Å². The number of ether oxygens (including phenoxy) is 2. The normalized spacial score (nSPS) is 18.9. The highest BCUT2D eigenvalue weighted by Gasteiger charge is 2.36. The van der Waals surface area contributed by atoms with E-state index in [2.05, 4.69) is 17.0 Å². The van der Waals surface area contributed by atoms with Gasteiger partial charge in [0.25, 0.3) is 5.91 Å². The molecule has 8 nitrogen and oxygen atoms in total. The van der Waals surface area contributed by atoms with Crippen LogP contribution in [0.1, 0.15) is 12.0 Å². The molecule has 0 spiro atoms. The van der Waals surface area contributed by atoms with Crippen LogP contribution in [0.5, 0.6) is 5.75 Å². The van der Waals surface area contributed by atoms with Crippen LogP contribution in [0.15, 0.2) is 54.6 Å². The Morgan fingerprint density at radius 2 is 1.76 bits per heavy atom. The molecule has 1 atom stereocenters. The third-order valence-electron chi connectivity index (χ3n) is 6.14. The molecule has 8 heteroatoms. The maximum atomic E-state index is 12.5. The molecular weight excluding hydrogens is 422 g/mol. The van der Waals surface area contributed by atoms with Gasteiger partial charge in [0.2, 0.25) is 5.91 Å². The first-order chi connectivity index (χ1) is 16.0. The van der Waals surface area contributed by atoms with E-state index in [4.69, 9.17) is 9.47 Å². The van der Waals surface area contributed by atoms with Crippen molar-refractivity contribution in [1.29, 1.82) is 0 Å². The van der Waals surface area contributed by atoms with E-state index in [0.29, 0.717) is 24.5 Å². The maximum Gasteiger partial charge on any atom is 0.311 e. The standard InChI is InChI=1S/C25H29N3O5/c1-32-22-9-5-8-21(15-22)28-17-20(14-23(28)29)25(31)33-18-24(30)27-12-10-26(11-13-27)16-19-6-3-2-4-7-19/h2-9,15,20H,10-14,16-18H2,1H3. The summed E-state index contributed by atoms with van der Waals surface area (Å²) in [5.41, 5.74) is 1.93. The van der Waals surface area contributed by atoms with Crippen LogP contribution in [-0.4, -0.2) is 74.0 Å². The van der Waals surface area contributed by atoms with E-state index in [1.165, 1.54) is 5.56 Å². The second-order valence-electron chi connectivity index (χ2n) is 8.36. The van der Waals surface area contributed by atoms with Crippen molar-refractivity contribution in [2.45, 2.75) is 13.0 Å². The number of methoxy groups -OCH3 is 1. The molecule has 2 saturated heterocycles. The summed E-state index contributed by atoms with van der Waals surface area (Å²) in [5, 5.41) is 0. The fourth-order valence-electron chi connectivity index (χ4n) is 4.23. The lowest BCUT2D eigenvalue weighted by Gasteiger charge is -2.34. The van der Waals surface area contributed by atoms with E-state index in [1.54, 1.807) is 41.2 Å². The zero-order chi connectivity index (χ0) is 23.2. The Balaban J connectivity index is 1.22. The molecule has 2 amide bonds. The topological polar surface area (TPSA) is 79.4 Å². The number of amides is 2. The Bertz CT molecular complexity index is 989. The fourth-order valence-corrected chi connectivity index (χ4v) is 4.23. The molecule has 2 aromatic rings. The lowest BCUT2D eigenvalue weighted by Crippen LogP contribution is -2.49. The van der Waals surface area contributed by atoms with Crippen LogP contribution < -0.4 is 9.64 Å². The van der Waals surface area contributed by atoms with Gasteiger partial charge >= 0.3 is 5.97 Å². The van der Waals surface area contributed by atoms with Gasteiger partial charge in [-0.2, -0.15) is 0 Å². The SMILES string of the molecule is COc1cccc(N2CC(C(=O)OCC(=O)N3CCN(Cc4ccccc4)CC3)CC2=O)c1. The summed E-state index contributed by atoms with van der Waals surface area (Å²) in [4.78, 5) is 43.1. The van der Waals surface area contributed by atoms with Gasteiger partial charge in [-0.25, -0.2) is 0 Å². The van der Waals surface area contributed by atoms with Crippen LogP contribution in [0.25, 0.3) is 0 Å². The van der Waals surface area contributed by atoms with E-state index in [0.717, 1.165) is 19.6 Å². The van der Waals surface area contributed by atoms with E-state index < -0.39 is 11.9 Å². The van der Waals surface area contributed by atoms with Crippen molar-refractivity contribution in [2.75, 3.05) is 51.3 Å². The molecule has 2 aliphatic rings. The summed E-state index contributed by atoms with van der Waals surface area (Å²) in [6, 6.07) is 17.4. The highest BCUT2D eigenvalue weighted by molar-refractivity contribution is 5.99. The predicted octanol–water partition coefficient (Wildman–Crippen LogP) is 1.94. The Hall–Kier alpha value is -3.39. The molecule has 0 saturated carbocycles. The number of anilines is 1. The number of hydrogen-bond donors (Lipinski definition) is 0. The van der Waals surface area contributed by atoms with Gasteiger partial charge in [0, 0.05) is 57.4 Å². The van der Waals surface area contributed by atoms with Crippen LogP contribution in [0, 0.1) is 5.92 Å². The van der Waals surface area contributed by atoms with Gasteiger partial charge in [-0.3, -0.25) is 19.3 Å². The molecule has 2 heterocycles. The van der Waals surface area contributed by atoms with Gasteiger partial charge < -0.3 is 19.3 Å². The van der Waals surface area contributed by atoms with E-state index >= 15 is 0 Å². The molecule has 0 N–H and O–H groups in total. The average Bonchev–Trinajstić information content (AvgIpc) is 3.25. The average molecular weight is 452 g/mol. The third kappa shape index (κ3) is 5.70.